The number of rotatable bonds is 7. The maximum absolute atomic E-state index is 11.8. The number of benzene rings is 1. The molecule has 1 aromatic heterocycles. The van der Waals surface area contributed by atoms with Gasteiger partial charge in [-0.05, 0) is 31.0 Å². The predicted octanol–water partition coefficient (Wildman–Crippen LogP) is 2.76. The van der Waals surface area contributed by atoms with Crippen molar-refractivity contribution in [3.05, 3.63) is 51.5 Å². The minimum atomic E-state index is -0.235. The van der Waals surface area contributed by atoms with Crippen molar-refractivity contribution in [2.24, 2.45) is 0 Å². The molecule has 24 heavy (non-hydrogen) atoms. The summed E-state index contributed by atoms with van der Waals surface area (Å²) in [6, 6.07) is 9.24. The number of nitriles is 1. The highest BCUT2D eigenvalue weighted by atomic mass is 32.1. The van der Waals surface area contributed by atoms with Gasteiger partial charge in [-0.2, -0.15) is 5.26 Å². The number of carbonyl (C=O) groups is 1. The molecule has 0 aliphatic carbocycles. The average Bonchev–Trinajstić information content (AvgIpc) is 3.08. The van der Waals surface area contributed by atoms with Crippen molar-refractivity contribution in [2.45, 2.75) is 26.0 Å². The van der Waals surface area contributed by atoms with Gasteiger partial charge >= 0.3 is 6.03 Å². The van der Waals surface area contributed by atoms with Gasteiger partial charge in [-0.1, -0.05) is 12.1 Å². The summed E-state index contributed by atoms with van der Waals surface area (Å²) >= 11 is 1.52. The van der Waals surface area contributed by atoms with Gasteiger partial charge in [0.1, 0.15) is 11.1 Å². The third kappa shape index (κ3) is 5.33. The summed E-state index contributed by atoms with van der Waals surface area (Å²) in [5.74, 6) is 0. The van der Waals surface area contributed by atoms with E-state index in [4.69, 9.17) is 10.00 Å². The quantitative estimate of drug-likeness (QED) is 0.808. The van der Waals surface area contributed by atoms with Gasteiger partial charge in [-0.25, -0.2) is 9.78 Å². The molecule has 0 bridgehead atoms. The zero-order valence-corrected chi connectivity index (χ0v) is 14.5. The lowest BCUT2D eigenvalue weighted by Crippen LogP contribution is -2.36. The Balaban J connectivity index is 1.71. The fourth-order valence-electron chi connectivity index (χ4n) is 2.04. The number of hydrogen-bond donors (Lipinski definition) is 2. The van der Waals surface area contributed by atoms with Crippen LogP contribution < -0.4 is 10.6 Å². The molecule has 126 valence electrons. The van der Waals surface area contributed by atoms with Crippen molar-refractivity contribution < 1.29 is 9.53 Å². The Hall–Kier alpha value is -2.43. The summed E-state index contributed by atoms with van der Waals surface area (Å²) in [6.45, 7) is 2.82. The summed E-state index contributed by atoms with van der Waals surface area (Å²) in [5, 5.41) is 17.3. The molecule has 1 atom stereocenters. The lowest BCUT2D eigenvalue weighted by atomic mass is 10.1. The highest BCUT2D eigenvalue weighted by molar-refractivity contribution is 7.09. The smallest absolute Gasteiger partial charge is 0.315 e. The van der Waals surface area contributed by atoms with Gasteiger partial charge in [0.05, 0.1) is 23.9 Å². The number of nitrogens with zero attached hydrogens (tertiary/aromatic N) is 2. The third-order valence-corrected chi connectivity index (χ3v) is 4.51. The van der Waals surface area contributed by atoms with Crippen molar-refractivity contribution in [3.8, 4) is 6.07 Å². The van der Waals surface area contributed by atoms with Crippen LogP contribution in [0.5, 0.6) is 0 Å². The molecular formula is C17H20N4O2S. The molecule has 0 aliphatic heterocycles. The Kier molecular flexibility index (Phi) is 6.73. The number of thiazole rings is 1. The zero-order valence-electron chi connectivity index (χ0n) is 13.7. The summed E-state index contributed by atoms with van der Waals surface area (Å²) in [4.78, 5) is 16.2. The van der Waals surface area contributed by atoms with Crippen LogP contribution in [0.25, 0.3) is 0 Å². The van der Waals surface area contributed by atoms with Crippen LogP contribution in [0.3, 0.4) is 0 Å². The standard InChI is InChI=1S/C17H20N4O2S/c1-12(23-2)16-21-15(11-24-16)10-20-17(22)19-7-6-13-4-3-5-14(8-13)9-18/h3-5,8,11-12H,6-7,10H2,1-2H3,(H2,19,20,22). The number of urea groups is 1. The summed E-state index contributed by atoms with van der Waals surface area (Å²) in [7, 11) is 1.64. The summed E-state index contributed by atoms with van der Waals surface area (Å²) in [5.41, 5.74) is 2.46. The van der Waals surface area contributed by atoms with Crippen molar-refractivity contribution >= 4 is 17.4 Å². The van der Waals surface area contributed by atoms with Crippen LogP contribution in [0.1, 0.15) is 34.9 Å². The SMILES string of the molecule is COC(C)c1nc(CNC(=O)NCCc2cccc(C#N)c2)cs1. The Morgan fingerprint density at radius 2 is 2.29 bits per heavy atom. The van der Waals surface area contributed by atoms with Crippen molar-refractivity contribution in [3.63, 3.8) is 0 Å². The molecule has 1 heterocycles. The maximum Gasteiger partial charge on any atom is 0.315 e. The number of amides is 2. The van der Waals surface area contributed by atoms with Crippen LogP contribution in [-0.4, -0.2) is 24.7 Å². The lowest BCUT2D eigenvalue weighted by Gasteiger charge is -2.07. The second kappa shape index (κ2) is 9.01. The minimum absolute atomic E-state index is 0.0400. The number of aromatic nitrogens is 1. The van der Waals surface area contributed by atoms with Crippen molar-refractivity contribution in [1.82, 2.24) is 15.6 Å². The Bertz CT molecular complexity index is 723. The molecular weight excluding hydrogens is 324 g/mol. The van der Waals surface area contributed by atoms with Gasteiger partial charge in [0, 0.05) is 19.0 Å². The lowest BCUT2D eigenvalue weighted by molar-refractivity contribution is 0.119. The molecule has 0 spiro atoms. The molecule has 0 saturated heterocycles. The van der Waals surface area contributed by atoms with E-state index in [1.807, 2.05) is 30.5 Å². The highest BCUT2D eigenvalue weighted by Crippen LogP contribution is 2.20. The van der Waals surface area contributed by atoms with Gasteiger partial charge in [0.15, 0.2) is 0 Å². The molecule has 2 aromatic rings. The largest absolute Gasteiger partial charge is 0.375 e. The van der Waals surface area contributed by atoms with Crippen LogP contribution in [0.15, 0.2) is 29.6 Å². The van der Waals surface area contributed by atoms with E-state index in [9.17, 15) is 4.79 Å². The molecule has 7 heteroatoms. The zero-order chi connectivity index (χ0) is 17.4. The second-order valence-corrected chi connectivity index (χ2v) is 6.12. The highest BCUT2D eigenvalue weighted by Gasteiger charge is 2.09. The van der Waals surface area contributed by atoms with Crippen LogP contribution in [0.4, 0.5) is 4.79 Å². The van der Waals surface area contributed by atoms with Crippen molar-refractivity contribution in [2.75, 3.05) is 13.7 Å². The Morgan fingerprint density at radius 3 is 3.04 bits per heavy atom. The maximum atomic E-state index is 11.8. The molecule has 0 saturated carbocycles. The molecule has 0 radical (unpaired) electrons. The Morgan fingerprint density at radius 1 is 1.46 bits per heavy atom. The first-order chi connectivity index (χ1) is 11.6. The summed E-state index contributed by atoms with van der Waals surface area (Å²) < 4.78 is 5.21. The number of hydrogen-bond acceptors (Lipinski definition) is 5. The van der Waals surface area contributed by atoms with E-state index >= 15 is 0 Å². The minimum Gasteiger partial charge on any atom is -0.375 e. The van der Waals surface area contributed by atoms with E-state index in [2.05, 4.69) is 21.7 Å². The van der Waals surface area contributed by atoms with Crippen LogP contribution >= 0.6 is 11.3 Å². The van der Waals surface area contributed by atoms with E-state index in [-0.39, 0.29) is 12.1 Å². The van der Waals surface area contributed by atoms with Crippen molar-refractivity contribution in [1.29, 1.82) is 5.26 Å². The number of ether oxygens (including phenoxy) is 1. The molecule has 1 aromatic carbocycles. The monoisotopic (exact) mass is 344 g/mol. The normalized spacial score (nSPS) is 11.5. The van der Waals surface area contributed by atoms with E-state index in [1.165, 1.54) is 11.3 Å². The predicted molar refractivity (Wildman–Crippen MR) is 92.6 cm³/mol. The molecule has 2 N–H and O–H groups in total. The first-order valence-electron chi connectivity index (χ1n) is 7.60. The van der Waals surface area contributed by atoms with Crippen LogP contribution in [0, 0.1) is 11.3 Å². The summed E-state index contributed by atoms with van der Waals surface area (Å²) in [6.07, 6.45) is 0.636. The van der Waals surface area contributed by atoms with Gasteiger partial charge in [0.2, 0.25) is 0 Å². The molecule has 2 amide bonds. The van der Waals surface area contributed by atoms with Gasteiger partial charge in [-0.15, -0.1) is 11.3 Å². The van der Waals surface area contributed by atoms with E-state index in [0.29, 0.717) is 25.1 Å². The molecule has 0 aliphatic rings. The van der Waals surface area contributed by atoms with Gasteiger partial charge < -0.3 is 15.4 Å². The molecule has 0 fully saturated rings. The van der Waals surface area contributed by atoms with Gasteiger partial charge in [0.25, 0.3) is 0 Å². The number of nitrogens with one attached hydrogen (secondary N) is 2. The van der Waals surface area contributed by atoms with E-state index < -0.39 is 0 Å². The van der Waals surface area contributed by atoms with Crippen LogP contribution in [0.2, 0.25) is 0 Å². The first kappa shape index (κ1) is 17.9. The number of carbonyl (C=O) groups excluding carboxylic acids is 1. The van der Waals surface area contributed by atoms with Gasteiger partial charge in [-0.3, -0.25) is 0 Å². The first-order valence-corrected chi connectivity index (χ1v) is 8.48. The fraction of sp³-hybridized carbons (Fsp3) is 0.353. The molecule has 1 unspecified atom stereocenters. The Labute approximate surface area is 145 Å². The van der Waals surface area contributed by atoms with E-state index in [0.717, 1.165) is 16.3 Å². The number of methoxy groups -OCH3 is 1. The molecule has 6 nitrogen and oxygen atoms in total. The fourth-order valence-corrected chi connectivity index (χ4v) is 2.89. The van der Waals surface area contributed by atoms with Crippen LogP contribution in [-0.2, 0) is 17.7 Å². The topological polar surface area (TPSA) is 87.0 Å². The van der Waals surface area contributed by atoms with E-state index in [1.54, 1.807) is 13.2 Å². The second-order valence-electron chi connectivity index (χ2n) is 5.23. The third-order valence-electron chi connectivity index (χ3n) is 3.46. The average molecular weight is 344 g/mol. The molecule has 2 rings (SSSR count).